The molecule has 1 fully saturated rings. The third kappa shape index (κ3) is 1.65. The Kier molecular flexibility index (Phi) is 1.96. The number of halogens is 1. The van der Waals surface area contributed by atoms with Gasteiger partial charge >= 0.3 is 5.97 Å². The van der Waals surface area contributed by atoms with Crippen LogP contribution in [0, 0.1) is 0 Å². The van der Waals surface area contributed by atoms with Crippen molar-refractivity contribution in [2.24, 2.45) is 0 Å². The highest BCUT2D eigenvalue weighted by Crippen LogP contribution is 2.41. The largest absolute Gasteiger partial charge is 0.477 e. The van der Waals surface area contributed by atoms with Gasteiger partial charge in [0.2, 0.25) is 0 Å². The van der Waals surface area contributed by atoms with E-state index >= 15 is 0 Å². The molecule has 1 heterocycles. The maximum atomic E-state index is 10.8. The van der Waals surface area contributed by atoms with Crippen molar-refractivity contribution in [3.05, 3.63) is 28.5 Å². The van der Waals surface area contributed by atoms with Crippen molar-refractivity contribution in [1.29, 1.82) is 0 Å². The predicted molar refractivity (Wildman–Crippen MR) is 48.2 cm³/mol. The first-order valence-electron chi connectivity index (χ1n) is 4.08. The van der Waals surface area contributed by atoms with Crippen molar-refractivity contribution >= 4 is 17.6 Å². The van der Waals surface area contributed by atoms with Crippen molar-refractivity contribution in [2.45, 2.75) is 18.8 Å². The van der Waals surface area contributed by atoms with Crippen molar-refractivity contribution in [1.82, 2.24) is 4.98 Å². The van der Waals surface area contributed by atoms with E-state index in [-0.39, 0.29) is 10.8 Å². The highest BCUT2D eigenvalue weighted by molar-refractivity contribution is 6.29. The van der Waals surface area contributed by atoms with Crippen molar-refractivity contribution in [2.75, 3.05) is 0 Å². The highest BCUT2D eigenvalue weighted by atomic mass is 35.5. The summed E-state index contributed by atoms with van der Waals surface area (Å²) in [6.07, 6.45) is 2.12. The molecule has 0 aliphatic heterocycles. The summed E-state index contributed by atoms with van der Waals surface area (Å²) >= 11 is 5.61. The predicted octanol–water partition coefficient (Wildman–Crippen LogP) is 2.31. The SMILES string of the molecule is O=C(O)c1nc(Cl)ccc1C1CC1. The summed E-state index contributed by atoms with van der Waals surface area (Å²) < 4.78 is 0. The van der Waals surface area contributed by atoms with Gasteiger partial charge in [-0.2, -0.15) is 0 Å². The summed E-state index contributed by atoms with van der Waals surface area (Å²) in [5, 5.41) is 9.08. The maximum Gasteiger partial charge on any atom is 0.354 e. The molecule has 1 aromatic heterocycles. The van der Waals surface area contributed by atoms with Gasteiger partial charge in [0.25, 0.3) is 0 Å². The van der Waals surface area contributed by atoms with E-state index in [1.807, 2.05) is 0 Å². The lowest BCUT2D eigenvalue weighted by atomic mass is 10.1. The van der Waals surface area contributed by atoms with Crippen molar-refractivity contribution < 1.29 is 9.90 Å². The molecule has 0 bridgehead atoms. The van der Waals surface area contributed by atoms with Crippen molar-refractivity contribution in [3.63, 3.8) is 0 Å². The van der Waals surface area contributed by atoms with Crippen LogP contribution in [0.4, 0.5) is 0 Å². The zero-order chi connectivity index (χ0) is 9.42. The Bertz CT molecular complexity index is 361. The fourth-order valence-electron chi connectivity index (χ4n) is 1.34. The summed E-state index contributed by atoms with van der Waals surface area (Å²) in [6, 6.07) is 3.40. The standard InChI is InChI=1S/C9H8ClNO2/c10-7-4-3-6(5-1-2-5)8(11-7)9(12)13/h3-5H,1-2H2,(H,12,13). The second-order valence-electron chi connectivity index (χ2n) is 3.15. The number of aromatic nitrogens is 1. The van der Waals surface area contributed by atoms with E-state index in [4.69, 9.17) is 16.7 Å². The van der Waals surface area contributed by atoms with E-state index < -0.39 is 5.97 Å². The highest BCUT2D eigenvalue weighted by Gasteiger charge is 2.28. The first-order chi connectivity index (χ1) is 6.18. The summed E-state index contributed by atoms with van der Waals surface area (Å²) in [4.78, 5) is 14.6. The van der Waals surface area contributed by atoms with E-state index in [2.05, 4.69) is 4.98 Å². The Morgan fingerprint density at radius 1 is 1.54 bits per heavy atom. The number of aromatic carboxylic acids is 1. The van der Waals surface area contributed by atoms with Crippen LogP contribution in [0.5, 0.6) is 0 Å². The molecule has 1 aliphatic rings. The van der Waals surface area contributed by atoms with Crippen LogP contribution in [-0.4, -0.2) is 16.1 Å². The molecule has 1 aliphatic carbocycles. The molecule has 2 rings (SSSR count). The van der Waals surface area contributed by atoms with E-state index in [9.17, 15) is 4.79 Å². The number of nitrogens with zero attached hydrogens (tertiary/aromatic N) is 1. The van der Waals surface area contributed by atoms with Crippen LogP contribution in [-0.2, 0) is 0 Å². The van der Waals surface area contributed by atoms with Gasteiger partial charge in [0.15, 0.2) is 5.69 Å². The van der Waals surface area contributed by atoms with Crippen LogP contribution < -0.4 is 0 Å². The molecule has 1 N–H and O–H groups in total. The number of rotatable bonds is 2. The quantitative estimate of drug-likeness (QED) is 0.741. The van der Waals surface area contributed by atoms with Gasteiger partial charge in [0, 0.05) is 0 Å². The average molecular weight is 198 g/mol. The number of carboxylic acid groups (broad SMARTS) is 1. The Hall–Kier alpha value is -1.09. The molecule has 0 unspecified atom stereocenters. The summed E-state index contributed by atoms with van der Waals surface area (Å²) in [5.41, 5.74) is 0.923. The number of hydrogen-bond donors (Lipinski definition) is 1. The number of pyridine rings is 1. The van der Waals surface area contributed by atoms with E-state index in [0.717, 1.165) is 18.4 Å². The minimum Gasteiger partial charge on any atom is -0.477 e. The van der Waals surface area contributed by atoms with Crippen LogP contribution in [0.1, 0.15) is 34.8 Å². The van der Waals surface area contributed by atoms with E-state index in [0.29, 0.717) is 5.92 Å². The molecule has 0 saturated heterocycles. The van der Waals surface area contributed by atoms with Gasteiger partial charge in [-0.15, -0.1) is 0 Å². The normalized spacial score (nSPS) is 15.8. The van der Waals surface area contributed by atoms with Gasteiger partial charge in [0.05, 0.1) is 0 Å². The molecular formula is C9H8ClNO2. The fourth-order valence-corrected chi connectivity index (χ4v) is 1.49. The smallest absolute Gasteiger partial charge is 0.354 e. The van der Waals surface area contributed by atoms with Gasteiger partial charge in [0.1, 0.15) is 5.15 Å². The third-order valence-corrected chi connectivity index (χ3v) is 2.32. The second-order valence-corrected chi connectivity index (χ2v) is 3.54. The molecule has 0 spiro atoms. The van der Waals surface area contributed by atoms with Gasteiger partial charge in [-0.25, -0.2) is 9.78 Å². The fraction of sp³-hybridized carbons (Fsp3) is 0.333. The van der Waals surface area contributed by atoms with Gasteiger partial charge < -0.3 is 5.11 Å². The second kappa shape index (κ2) is 3.00. The maximum absolute atomic E-state index is 10.8. The third-order valence-electron chi connectivity index (χ3n) is 2.11. The Morgan fingerprint density at radius 2 is 2.23 bits per heavy atom. The molecule has 13 heavy (non-hydrogen) atoms. The minimum atomic E-state index is -0.996. The average Bonchev–Trinajstić information content (AvgIpc) is 2.87. The lowest BCUT2D eigenvalue weighted by Crippen LogP contribution is -2.04. The molecule has 0 aromatic carbocycles. The van der Waals surface area contributed by atoms with Gasteiger partial charge in [-0.3, -0.25) is 0 Å². The van der Waals surface area contributed by atoms with Crippen molar-refractivity contribution in [3.8, 4) is 0 Å². The topological polar surface area (TPSA) is 50.2 Å². The number of carbonyl (C=O) groups is 1. The number of hydrogen-bond acceptors (Lipinski definition) is 2. The van der Waals surface area contributed by atoms with Crippen LogP contribution in [0.2, 0.25) is 5.15 Å². The zero-order valence-electron chi connectivity index (χ0n) is 6.83. The minimum absolute atomic E-state index is 0.106. The zero-order valence-corrected chi connectivity index (χ0v) is 7.58. The molecular weight excluding hydrogens is 190 g/mol. The molecule has 0 atom stereocenters. The van der Waals surface area contributed by atoms with Crippen LogP contribution in [0.25, 0.3) is 0 Å². The first-order valence-corrected chi connectivity index (χ1v) is 4.46. The summed E-state index contributed by atoms with van der Waals surface area (Å²) in [7, 11) is 0. The van der Waals surface area contributed by atoms with Crippen LogP contribution in [0.15, 0.2) is 12.1 Å². The summed E-state index contributed by atoms with van der Waals surface area (Å²) in [6.45, 7) is 0. The molecule has 1 saturated carbocycles. The first kappa shape index (κ1) is 8.51. The molecule has 4 heteroatoms. The molecule has 0 radical (unpaired) electrons. The molecule has 0 amide bonds. The molecule has 3 nitrogen and oxygen atoms in total. The molecule has 68 valence electrons. The van der Waals surface area contributed by atoms with E-state index in [1.54, 1.807) is 12.1 Å². The van der Waals surface area contributed by atoms with Gasteiger partial charge in [-0.05, 0) is 30.4 Å². The Labute approximate surface area is 80.4 Å². The van der Waals surface area contributed by atoms with Crippen LogP contribution >= 0.6 is 11.6 Å². The van der Waals surface area contributed by atoms with Crippen LogP contribution in [0.3, 0.4) is 0 Å². The van der Waals surface area contributed by atoms with E-state index in [1.165, 1.54) is 0 Å². The van der Waals surface area contributed by atoms with Gasteiger partial charge in [-0.1, -0.05) is 17.7 Å². The monoisotopic (exact) mass is 197 g/mol. The lowest BCUT2D eigenvalue weighted by molar-refractivity contribution is 0.0689. The molecule has 1 aromatic rings. The number of carboxylic acids is 1. The lowest BCUT2D eigenvalue weighted by Gasteiger charge is -2.02. The Balaban J connectivity index is 2.47. The Morgan fingerprint density at radius 3 is 2.77 bits per heavy atom. The summed E-state index contributed by atoms with van der Waals surface area (Å²) in [5.74, 6) is -0.611.